The predicted molar refractivity (Wildman–Crippen MR) is 43.4 cm³/mol. The van der Waals surface area contributed by atoms with E-state index in [0.717, 1.165) is 12.8 Å². The fraction of sp³-hybridized carbons (Fsp3) is 0.333. The van der Waals surface area contributed by atoms with Crippen LogP contribution < -0.4 is 0 Å². The van der Waals surface area contributed by atoms with Crippen molar-refractivity contribution in [1.82, 2.24) is 0 Å². The summed E-state index contributed by atoms with van der Waals surface area (Å²) in [7, 11) is 0. The Kier molecular flexibility index (Phi) is 6.59. The van der Waals surface area contributed by atoms with Gasteiger partial charge in [-0.2, -0.15) is 0 Å². The number of rotatable bonds is 4. The van der Waals surface area contributed by atoms with Gasteiger partial charge in [0, 0.05) is 0 Å². The largest absolute Gasteiger partial charge is 0.0991 e. The van der Waals surface area contributed by atoms with Crippen molar-refractivity contribution < 1.29 is 0 Å². The molecule has 0 saturated carbocycles. The molecule has 0 fully saturated rings. The normalized spacial score (nSPS) is 11.2. The van der Waals surface area contributed by atoms with Gasteiger partial charge in [-0.05, 0) is 19.8 Å². The van der Waals surface area contributed by atoms with Crippen molar-refractivity contribution in [1.29, 1.82) is 0 Å². The van der Waals surface area contributed by atoms with E-state index >= 15 is 0 Å². The third-order valence-electron chi connectivity index (χ3n) is 1.01. The molecule has 0 aliphatic heterocycles. The molecule has 0 aliphatic rings. The highest BCUT2D eigenvalue weighted by Gasteiger charge is 1.71. The van der Waals surface area contributed by atoms with Crippen LogP contribution in [0.15, 0.2) is 37.0 Å². The SMILES string of the molecule is C=CC=CCCC=CC. The van der Waals surface area contributed by atoms with Gasteiger partial charge < -0.3 is 0 Å². The lowest BCUT2D eigenvalue weighted by Gasteiger charge is -1.81. The Hall–Kier alpha value is -0.780. The molecule has 0 aromatic carbocycles. The zero-order chi connectivity index (χ0) is 6.95. The molecular formula is C9H14. The Morgan fingerprint density at radius 1 is 1.22 bits per heavy atom. The van der Waals surface area contributed by atoms with E-state index in [1.165, 1.54) is 0 Å². The average molecular weight is 122 g/mol. The lowest BCUT2D eigenvalue weighted by atomic mass is 10.3. The maximum atomic E-state index is 3.57. The molecule has 0 aromatic heterocycles. The molecule has 0 aromatic rings. The van der Waals surface area contributed by atoms with Gasteiger partial charge in [-0.3, -0.25) is 0 Å². The minimum absolute atomic E-state index is 1.12. The van der Waals surface area contributed by atoms with E-state index in [-0.39, 0.29) is 0 Å². The Morgan fingerprint density at radius 2 is 1.89 bits per heavy atom. The van der Waals surface area contributed by atoms with E-state index in [1.807, 2.05) is 13.0 Å². The second kappa shape index (κ2) is 7.22. The number of hydrogen-bond donors (Lipinski definition) is 0. The van der Waals surface area contributed by atoms with Crippen LogP contribution in [0.25, 0.3) is 0 Å². The quantitative estimate of drug-likeness (QED) is 0.305. The van der Waals surface area contributed by atoms with Crippen molar-refractivity contribution in [2.24, 2.45) is 0 Å². The Morgan fingerprint density at radius 3 is 2.44 bits per heavy atom. The van der Waals surface area contributed by atoms with E-state index in [4.69, 9.17) is 0 Å². The molecule has 0 amide bonds. The molecule has 0 heteroatoms. The summed E-state index contributed by atoms with van der Waals surface area (Å²) in [6.07, 6.45) is 12.4. The lowest BCUT2D eigenvalue weighted by Crippen LogP contribution is -1.61. The molecule has 0 N–H and O–H groups in total. The fourth-order valence-electron chi connectivity index (χ4n) is 0.552. The molecule has 9 heavy (non-hydrogen) atoms. The van der Waals surface area contributed by atoms with E-state index < -0.39 is 0 Å². The van der Waals surface area contributed by atoms with Crippen LogP contribution in [-0.4, -0.2) is 0 Å². The van der Waals surface area contributed by atoms with E-state index in [9.17, 15) is 0 Å². The van der Waals surface area contributed by atoms with Crippen molar-refractivity contribution in [3.8, 4) is 0 Å². The van der Waals surface area contributed by atoms with Crippen molar-refractivity contribution in [2.75, 3.05) is 0 Å². The Labute approximate surface area is 57.6 Å². The van der Waals surface area contributed by atoms with E-state index in [2.05, 4.69) is 24.8 Å². The van der Waals surface area contributed by atoms with Gasteiger partial charge in [0.15, 0.2) is 0 Å². The first-order valence-electron chi connectivity index (χ1n) is 3.30. The van der Waals surface area contributed by atoms with Crippen LogP contribution in [0, 0.1) is 0 Å². The summed E-state index contributed by atoms with van der Waals surface area (Å²) in [5.41, 5.74) is 0. The van der Waals surface area contributed by atoms with Gasteiger partial charge in [-0.1, -0.05) is 37.0 Å². The highest BCUT2D eigenvalue weighted by atomic mass is 13.8. The minimum atomic E-state index is 1.12. The first kappa shape index (κ1) is 8.22. The summed E-state index contributed by atoms with van der Waals surface area (Å²) in [6.45, 7) is 5.61. The summed E-state index contributed by atoms with van der Waals surface area (Å²) in [6, 6.07) is 0. The van der Waals surface area contributed by atoms with Gasteiger partial charge in [0.1, 0.15) is 0 Å². The molecule has 0 atom stereocenters. The smallest absolute Gasteiger partial charge is 0.0313 e. The Bertz CT molecular complexity index is 107. The molecule has 0 spiro atoms. The van der Waals surface area contributed by atoms with Crippen LogP contribution in [-0.2, 0) is 0 Å². The van der Waals surface area contributed by atoms with Crippen molar-refractivity contribution in [2.45, 2.75) is 19.8 Å². The summed E-state index contributed by atoms with van der Waals surface area (Å²) in [5.74, 6) is 0. The third-order valence-corrected chi connectivity index (χ3v) is 1.01. The number of allylic oxidation sites excluding steroid dienone is 5. The zero-order valence-electron chi connectivity index (χ0n) is 6.01. The molecule has 0 aliphatic carbocycles. The second-order valence-corrected chi connectivity index (χ2v) is 1.81. The maximum absolute atomic E-state index is 3.57. The van der Waals surface area contributed by atoms with Gasteiger partial charge in [0.2, 0.25) is 0 Å². The highest BCUT2D eigenvalue weighted by molar-refractivity contribution is 4.97. The molecule has 0 heterocycles. The van der Waals surface area contributed by atoms with Crippen LogP contribution in [0.5, 0.6) is 0 Å². The summed E-state index contributed by atoms with van der Waals surface area (Å²) in [5, 5.41) is 0. The minimum Gasteiger partial charge on any atom is -0.0991 e. The molecule has 0 rings (SSSR count). The lowest BCUT2D eigenvalue weighted by molar-refractivity contribution is 1.05. The molecule has 50 valence electrons. The summed E-state index contributed by atoms with van der Waals surface area (Å²) >= 11 is 0. The molecule has 0 radical (unpaired) electrons. The van der Waals surface area contributed by atoms with Crippen molar-refractivity contribution in [3.63, 3.8) is 0 Å². The van der Waals surface area contributed by atoms with E-state index in [1.54, 1.807) is 6.08 Å². The predicted octanol–water partition coefficient (Wildman–Crippen LogP) is 3.08. The second-order valence-electron chi connectivity index (χ2n) is 1.81. The molecule has 0 bridgehead atoms. The standard InChI is InChI=1S/C9H14/c1-3-5-7-9-8-6-4-2/h3-7H,1,8-9H2,2H3. The highest BCUT2D eigenvalue weighted by Crippen LogP contribution is 1.91. The number of unbranched alkanes of at least 4 members (excludes halogenated alkanes) is 1. The molecule has 0 unspecified atom stereocenters. The fourth-order valence-corrected chi connectivity index (χ4v) is 0.552. The Balaban J connectivity index is 3.08. The van der Waals surface area contributed by atoms with Gasteiger partial charge in [0.25, 0.3) is 0 Å². The first-order chi connectivity index (χ1) is 4.41. The van der Waals surface area contributed by atoms with Gasteiger partial charge >= 0.3 is 0 Å². The van der Waals surface area contributed by atoms with Crippen LogP contribution in [0.1, 0.15) is 19.8 Å². The summed E-state index contributed by atoms with van der Waals surface area (Å²) < 4.78 is 0. The van der Waals surface area contributed by atoms with Crippen LogP contribution in [0.3, 0.4) is 0 Å². The van der Waals surface area contributed by atoms with E-state index in [0.29, 0.717) is 0 Å². The van der Waals surface area contributed by atoms with Gasteiger partial charge in [0.05, 0.1) is 0 Å². The number of hydrogen-bond acceptors (Lipinski definition) is 0. The van der Waals surface area contributed by atoms with Gasteiger partial charge in [-0.15, -0.1) is 0 Å². The van der Waals surface area contributed by atoms with Gasteiger partial charge in [-0.25, -0.2) is 0 Å². The topological polar surface area (TPSA) is 0 Å². The van der Waals surface area contributed by atoms with Crippen molar-refractivity contribution >= 4 is 0 Å². The molecule has 0 nitrogen and oxygen atoms in total. The monoisotopic (exact) mass is 122 g/mol. The van der Waals surface area contributed by atoms with Crippen LogP contribution in [0.2, 0.25) is 0 Å². The zero-order valence-corrected chi connectivity index (χ0v) is 6.01. The van der Waals surface area contributed by atoms with Crippen LogP contribution in [0.4, 0.5) is 0 Å². The molecule has 0 saturated heterocycles. The maximum Gasteiger partial charge on any atom is -0.0313 e. The average Bonchev–Trinajstić information content (AvgIpc) is 1.89. The summed E-state index contributed by atoms with van der Waals surface area (Å²) in [4.78, 5) is 0. The molecular weight excluding hydrogens is 108 g/mol. The first-order valence-corrected chi connectivity index (χ1v) is 3.30. The van der Waals surface area contributed by atoms with Crippen LogP contribution >= 0.6 is 0 Å². The third kappa shape index (κ3) is 7.22. The van der Waals surface area contributed by atoms with Crippen molar-refractivity contribution in [3.05, 3.63) is 37.0 Å².